The van der Waals surface area contributed by atoms with Gasteiger partial charge in [-0.05, 0) is 12.2 Å². The van der Waals surface area contributed by atoms with Crippen molar-refractivity contribution in [2.45, 2.75) is 26.9 Å². The second kappa shape index (κ2) is 5.99. The number of rotatable bonds is 4. The van der Waals surface area contributed by atoms with Gasteiger partial charge in [-0.3, -0.25) is 0 Å². The van der Waals surface area contributed by atoms with Crippen molar-refractivity contribution in [1.29, 1.82) is 0 Å². The molecule has 0 spiro atoms. The first-order valence-electron chi connectivity index (χ1n) is 4.78. The molecule has 92 valence electrons. The fourth-order valence-electron chi connectivity index (χ4n) is 0.939. The minimum Gasteiger partial charge on any atom is -0.445 e. The lowest BCUT2D eigenvalue weighted by Gasteiger charge is -2.26. The van der Waals surface area contributed by atoms with E-state index < -0.39 is 18.3 Å². The van der Waals surface area contributed by atoms with Crippen molar-refractivity contribution in [1.82, 2.24) is 0 Å². The van der Waals surface area contributed by atoms with E-state index in [2.05, 4.69) is 4.74 Å². The minimum absolute atomic E-state index is 0.0318. The van der Waals surface area contributed by atoms with E-state index in [1.54, 1.807) is 12.2 Å². The molecule has 0 bridgehead atoms. The van der Waals surface area contributed by atoms with Crippen molar-refractivity contribution < 1.29 is 19.1 Å². The number of nitrogens with two attached hydrogens (primary N) is 2. The normalized spacial score (nSPS) is 13.4. The third-order valence-electron chi connectivity index (χ3n) is 1.73. The highest BCUT2D eigenvalue weighted by Crippen LogP contribution is 2.23. The van der Waals surface area contributed by atoms with Gasteiger partial charge >= 0.3 is 12.2 Å². The van der Waals surface area contributed by atoms with Crippen LogP contribution in [-0.4, -0.2) is 24.9 Å². The predicted octanol–water partition coefficient (Wildman–Crippen LogP) is 1.15. The maximum Gasteiger partial charge on any atom is 0.405 e. The van der Waals surface area contributed by atoms with Gasteiger partial charge in [0.15, 0.2) is 0 Å². The molecule has 6 heteroatoms. The Morgan fingerprint density at radius 3 is 2.19 bits per heavy atom. The summed E-state index contributed by atoms with van der Waals surface area (Å²) in [7, 11) is 0. The first-order chi connectivity index (χ1) is 7.23. The summed E-state index contributed by atoms with van der Waals surface area (Å²) in [6.45, 7) is 5.70. The van der Waals surface area contributed by atoms with E-state index in [9.17, 15) is 9.59 Å². The molecule has 0 saturated carbocycles. The number of hydrogen-bond acceptors (Lipinski definition) is 4. The smallest absolute Gasteiger partial charge is 0.405 e. The number of amides is 2. The monoisotopic (exact) mass is 230 g/mol. The van der Waals surface area contributed by atoms with Crippen molar-refractivity contribution >= 4 is 12.2 Å². The van der Waals surface area contributed by atoms with Crippen LogP contribution in [-0.2, 0) is 9.47 Å². The van der Waals surface area contributed by atoms with Gasteiger partial charge in [0.2, 0.25) is 0 Å². The van der Waals surface area contributed by atoms with Gasteiger partial charge in [-0.2, -0.15) is 0 Å². The Morgan fingerprint density at radius 1 is 1.25 bits per heavy atom. The van der Waals surface area contributed by atoms with Crippen molar-refractivity contribution in [2.24, 2.45) is 16.9 Å². The molecule has 0 fully saturated rings. The number of carbonyl (C=O) groups is 2. The van der Waals surface area contributed by atoms with Gasteiger partial charge in [0.25, 0.3) is 0 Å². The third kappa shape index (κ3) is 6.69. The highest BCUT2D eigenvalue weighted by atomic mass is 16.6. The van der Waals surface area contributed by atoms with Gasteiger partial charge in [0.05, 0.1) is 0 Å². The van der Waals surface area contributed by atoms with Crippen LogP contribution in [0.4, 0.5) is 9.59 Å². The average Bonchev–Trinajstić information content (AvgIpc) is 2.07. The Balaban J connectivity index is 4.32. The first-order valence-corrected chi connectivity index (χ1v) is 4.78. The van der Waals surface area contributed by atoms with Crippen LogP contribution in [0.1, 0.15) is 20.8 Å². The molecule has 0 aromatic carbocycles. The highest BCUT2D eigenvalue weighted by molar-refractivity contribution is 5.65. The number of primary amides is 2. The Morgan fingerprint density at radius 2 is 1.81 bits per heavy atom. The zero-order valence-electron chi connectivity index (χ0n) is 9.73. The maximum absolute atomic E-state index is 10.7. The SMILES string of the molecule is CC(C)(C)[C@H](/C=C/COC(N)=O)OC(N)=O. The van der Waals surface area contributed by atoms with Crippen LogP contribution in [0.5, 0.6) is 0 Å². The van der Waals surface area contributed by atoms with Crippen LogP contribution in [0, 0.1) is 5.41 Å². The summed E-state index contributed by atoms with van der Waals surface area (Å²) in [6, 6.07) is 0. The van der Waals surface area contributed by atoms with Gasteiger partial charge in [-0.15, -0.1) is 0 Å². The van der Waals surface area contributed by atoms with Crippen molar-refractivity contribution in [2.75, 3.05) is 6.61 Å². The van der Waals surface area contributed by atoms with Crippen LogP contribution in [0.2, 0.25) is 0 Å². The van der Waals surface area contributed by atoms with Gasteiger partial charge in [-0.1, -0.05) is 20.8 Å². The van der Waals surface area contributed by atoms with E-state index in [0.717, 1.165) is 0 Å². The number of hydrogen-bond donors (Lipinski definition) is 2. The summed E-state index contributed by atoms with van der Waals surface area (Å²) in [5, 5.41) is 0. The van der Waals surface area contributed by atoms with Crippen LogP contribution in [0.15, 0.2) is 12.2 Å². The quantitative estimate of drug-likeness (QED) is 0.706. The molecule has 16 heavy (non-hydrogen) atoms. The van der Waals surface area contributed by atoms with E-state index in [1.165, 1.54) is 0 Å². The fraction of sp³-hybridized carbons (Fsp3) is 0.600. The second-order valence-electron chi connectivity index (χ2n) is 4.28. The average molecular weight is 230 g/mol. The Bertz CT molecular complexity index is 281. The zero-order chi connectivity index (χ0) is 12.8. The molecule has 1 atom stereocenters. The summed E-state index contributed by atoms with van der Waals surface area (Å²) in [5.74, 6) is 0. The molecule has 0 aliphatic heterocycles. The molecule has 0 rings (SSSR count). The lowest BCUT2D eigenvalue weighted by atomic mass is 9.89. The van der Waals surface area contributed by atoms with Crippen molar-refractivity contribution in [3.05, 3.63) is 12.2 Å². The molecule has 0 saturated heterocycles. The van der Waals surface area contributed by atoms with Crippen LogP contribution < -0.4 is 11.5 Å². The van der Waals surface area contributed by atoms with Crippen LogP contribution in [0.25, 0.3) is 0 Å². The predicted molar refractivity (Wildman–Crippen MR) is 58.6 cm³/mol. The van der Waals surface area contributed by atoms with Gasteiger partial charge in [-0.25, -0.2) is 9.59 Å². The van der Waals surface area contributed by atoms with Gasteiger partial charge < -0.3 is 20.9 Å². The zero-order valence-corrected chi connectivity index (χ0v) is 9.73. The first kappa shape index (κ1) is 14.3. The van der Waals surface area contributed by atoms with Gasteiger partial charge in [0.1, 0.15) is 12.7 Å². The van der Waals surface area contributed by atoms with E-state index >= 15 is 0 Å². The molecule has 0 aliphatic carbocycles. The fourth-order valence-corrected chi connectivity index (χ4v) is 0.939. The molecule has 4 N–H and O–H groups in total. The van der Waals surface area contributed by atoms with Crippen molar-refractivity contribution in [3.63, 3.8) is 0 Å². The Kier molecular flexibility index (Phi) is 5.35. The molecular weight excluding hydrogens is 212 g/mol. The maximum atomic E-state index is 10.7. The lowest BCUT2D eigenvalue weighted by molar-refractivity contribution is 0.0676. The molecule has 0 heterocycles. The molecule has 2 amide bonds. The highest BCUT2D eigenvalue weighted by Gasteiger charge is 2.25. The summed E-state index contributed by atoms with van der Waals surface area (Å²) in [4.78, 5) is 20.9. The molecule has 6 nitrogen and oxygen atoms in total. The van der Waals surface area contributed by atoms with E-state index in [4.69, 9.17) is 16.2 Å². The number of carbonyl (C=O) groups excluding carboxylic acids is 2. The molecule has 0 aromatic rings. The molecule has 0 unspecified atom stereocenters. The standard InChI is InChI=1S/C10H18N2O4/c1-10(2,3)7(16-9(12)14)5-4-6-15-8(11)13/h4-5,7H,6H2,1-3H3,(H2,11,13)(H2,12,14)/b5-4+/t7-/m0/s1. The van der Waals surface area contributed by atoms with E-state index in [-0.39, 0.29) is 12.0 Å². The van der Waals surface area contributed by atoms with Gasteiger partial charge in [0, 0.05) is 5.41 Å². The second-order valence-corrected chi connectivity index (χ2v) is 4.28. The van der Waals surface area contributed by atoms with E-state index in [1.807, 2.05) is 20.8 Å². The molecule has 0 aliphatic rings. The molecule has 0 aromatic heterocycles. The Hall–Kier alpha value is -1.72. The molecular formula is C10H18N2O4. The molecule has 0 radical (unpaired) electrons. The summed E-state index contributed by atoms with van der Waals surface area (Å²) >= 11 is 0. The summed E-state index contributed by atoms with van der Waals surface area (Å²) in [6.07, 6.45) is 0.965. The van der Waals surface area contributed by atoms with E-state index in [0.29, 0.717) is 0 Å². The van der Waals surface area contributed by atoms with Crippen molar-refractivity contribution in [3.8, 4) is 0 Å². The van der Waals surface area contributed by atoms with Crippen LogP contribution in [0.3, 0.4) is 0 Å². The summed E-state index contributed by atoms with van der Waals surface area (Å²) in [5.41, 5.74) is 9.42. The third-order valence-corrected chi connectivity index (χ3v) is 1.73. The lowest BCUT2D eigenvalue weighted by Crippen LogP contribution is -2.32. The summed E-state index contributed by atoms with van der Waals surface area (Å²) < 4.78 is 9.39. The van der Waals surface area contributed by atoms with Crippen LogP contribution >= 0.6 is 0 Å². The Labute approximate surface area is 94.6 Å². The minimum atomic E-state index is -0.854. The largest absolute Gasteiger partial charge is 0.445 e. The topological polar surface area (TPSA) is 105 Å². The number of ether oxygens (including phenoxy) is 2.